The molecule has 1 heterocycles. The van der Waals surface area contributed by atoms with Gasteiger partial charge in [-0.2, -0.15) is 65.9 Å². The van der Waals surface area contributed by atoms with Crippen LogP contribution in [-0.4, -0.2) is 30.8 Å². The number of pyridine rings is 1. The van der Waals surface area contributed by atoms with E-state index in [1.54, 1.807) is 27.7 Å². The Bertz CT molecular complexity index is 1590. The van der Waals surface area contributed by atoms with Crippen molar-refractivity contribution in [3.8, 4) is 11.5 Å². The van der Waals surface area contributed by atoms with Gasteiger partial charge in [-0.05, 0) is 77.4 Å². The number of hydrogen-bond acceptors (Lipinski definition) is 3. The van der Waals surface area contributed by atoms with Crippen LogP contribution in [0.3, 0.4) is 0 Å². The van der Waals surface area contributed by atoms with Crippen LogP contribution in [0.5, 0.6) is 11.5 Å². The Morgan fingerprint density at radius 3 is 1.19 bits per heavy atom. The SMILES string of the molecule is CC(C)c1cc(C(F)(F)F)cc(C(F)(F)F)n1.CC(C)c1cc(OCC(F)(F)F)cc(C(F)(F)F)c1.CC(C)c1cc(OCC(F)F)cc(C(F)(F)F)c1. The van der Waals surface area contributed by atoms with E-state index in [-0.39, 0.29) is 34.9 Å². The highest BCUT2D eigenvalue weighted by Crippen LogP contribution is 2.38. The van der Waals surface area contributed by atoms with E-state index in [9.17, 15) is 74.6 Å². The number of rotatable bonds is 8. The first kappa shape index (κ1) is 48.0. The fraction of sp³-hybridized carbons (Fsp3) is 0.500. The second kappa shape index (κ2) is 18.6. The lowest BCUT2D eigenvalue weighted by Crippen LogP contribution is -2.19. The smallest absolute Gasteiger partial charge is 0.433 e. The zero-order valence-electron chi connectivity index (χ0n) is 29.0. The van der Waals surface area contributed by atoms with Gasteiger partial charge in [0.15, 0.2) is 6.61 Å². The van der Waals surface area contributed by atoms with E-state index in [4.69, 9.17) is 0 Å². The molecule has 20 heteroatoms. The van der Waals surface area contributed by atoms with Crippen LogP contribution in [0.15, 0.2) is 48.5 Å². The average Bonchev–Trinajstić information content (AvgIpc) is 3.01. The predicted octanol–water partition coefficient (Wildman–Crippen LogP) is 13.5. The van der Waals surface area contributed by atoms with E-state index in [0.717, 1.165) is 18.2 Å². The Hall–Kier alpha value is -4.00. The minimum Gasteiger partial charge on any atom is -0.488 e. The third-order valence-corrected chi connectivity index (χ3v) is 6.68. The quantitative estimate of drug-likeness (QED) is 0.212. The fourth-order valence-corrected chi connectivity index (χ4v) is 3.89. The van der Waals surface area contributed by atoms with Crippen molar-refractivity contribution < 1.29 is 84.1 Å². The normalized spacial score (nSPS) is 12.8. The lowest BCUT2D eigenvalue weighted by Gasteiger charge is -2.15. The third kappa shape index (κ3) is 17.0. The summed E-state index contributed by atoms with van der Waals surface area (Å²) in [6.07, 6.45) is -26.2. The Kier molecular flexibility index (Phi) is 16.5. The topological polar surface area (TPSA) is 31.4 Å². The highest BCUT2D eigenvalue weighted by atomic mass is 19.4. The Morgan fingerprint density at radius 1 is 0.481 bits per heavy atom. The van der Waals surface area contributed by atoms with Gasteiger partial charge in [0.25, 0.3) is 6.43 Å². The minimum atomic E-state index is -4.88. The van der Waals surface area contributed by atoms with E-state index < -0.39 is 84.6 Å². The van der Waals surface area contributed by atoms with Crippen molar-refractivity contribution >= 4 is 0 Å². The summed E-state index contributed by atoms with van der Waals surface area (Å²) in [6.45, 7) is 7.13. The van der Waals surface area contributed by atoms with Gasteiger partial charge in [-0.15, -0.1) is 0 Å². The molecule has 2 aromatic carbocycles. The number of hydrogen-bond donors (Lipinski definition) is 0. The van der Waals surface area contributed by atoms with Gasteiger partial charge in [0.05, 0.1) is 16.7 Å². The van der Waals surface area contributed by atoms with E-state index in [1.165, 1.54) is 26.0 Å². The fourth-order valence-electron chi connectivity index (χ4n) is 3.89. The van der Waals surface area contributed by atoms with Crippen molar-refractivity contribution in [2.24, 2.45) is 0 Å². The molecule has 0 unspecified atom stereocenters. The van der Waals surface area contributed by atoms with Crippen LogP contribution in [0, 0.1) is 0 Å². The molecule has 0 aliphatic carbocycles. The lowest BCUT2D eigenvalue weighted by molar-refractivity contribution is -0.153. The van der Waals surface area contributed by atoms with Crippen molar-refractivity contribution in [2.45, 2.75) is 96.6 Å². The first-order valence-corrected chi connectivity index (χ1v) is 15.4. The molecule has 306 valence electrons. The monoisotopic (exact) mass is 811 g/mol. The molecule has 1 aromatic heterocycles. The van der Waals surface area contributed by atoms with Gasteiger partial charge < -0.3 is 9.47 Å². The standard InChI is InChI=1S/C12H12F6O.C12H13F5O.C10H9F6N/c1-7(2)8-3-9(12(16,17)18)5-10(4-8)19-6-11(13,14)15;1-7(2)8-3-9(12(15,16)17)5-10(4-8)18-6-11(13)14;1-5(2)7-3-6(9(11,12)13)4-8(17-7)10(14,15)16/h3-5,7H,6H2,1-2H3;3-5,7,11H,6H2,1-2H3;3-5H,1-2H3. The van der Waals surface area contributed by atoms with Gasteiger partial charge in [-0.25, -0.2) is 13.8 Å². The van der Waals surface area contributed by atoms with E-state index >= 15 is 0 Å². The Balaban J connectivity index is 0.000000406. The molecular weight excluding hydrogens is 777 g/mol. The number of nitrogens with zero attached hydrogens (tertiary/aromatic N) is 1. The van der Waals surface area contributed by atoms with Crippen LogP contribution in [0.4, 0.5) is 74.6 Å². The number of aromatic nitrogens is 1. The second-order valence-corrected chi connectivity index (χ2v) is 12.3. The molecule has 0 atom stereocenters. The molecule has 0 aliphatic rings. The maximum Gasteiger partial charge on any atom is 0.433 e. The van der Waals surface area contributed by atoms with E-state index in [0.29, 0.717) is 17.7 Å². The van der Waals surface area contributed by atoms with Crippen molar-refractivity contribution in [1.29, 1.82) is 0 Å². The molecule has 0 saturated carbocycles. The summed E-state index contributed by atoms with van der Waals surface area (Å²) in [5.74, 6) is -1.54. The summed E-state index contributed by atoms with van der Waals surface area (Å²) < 4.78 is 219. The van der Waals surface area contributed by atoms with Crippen LogP contribution in [-0.2, 0) is 24.7 Å². The number of ether oxygens (including phenoxy) is 2. The molecule has 0 bridgehead atoms. The summed E-state index contributed by atoms with van der Waals surface area (Å²) in [6, 6.07) is 6.40. The van der Waals surface area contributed by atoms with Gasteiger partial charge in [0.1, 0.15) is 23.8 Å². The van der Waals surface area contributed by atoms with Gasteiger partial charge in [0, 0.05) is 5.69 Å². The zero-order chi connectivity index (χ0) is 42.2. The average molecular weight is 812 g/mol. The minimum absolute atomic E-state index is 0.0197. The highest BCUT2D eigenvalue weighted by Gasteiger charge is 2.38. The highest BCUT2D eigenvalue weighted by molar-refractivity contribution is 5.38. The second-order valence-electron chi connectivity index (χ2n) is 12.3. The first-order valence-electron chi connectivity index (χ1n) is 15.4. The van der Waals surface area contributed by atoms with Crippen LogP contribution >= 0.6 is 0 Å². The van der Waals surface area contributed by atoms with Crippen molar-refractivity contribution in [3.63, 3.8) is 0 Å². The molecule has 0 spiro atoms. The molecule has 3 nitrogen and oxygen atoms in total. The third-order valence-electron chi connectivity index (χ3n) is 6.68. The molecule has 0 aliphatic heterocycles. The van der Waals surface area contributed by atoms with E-state index in [1.807, 2.05) is 0 Å². The summed E-state index contributed by atoms with van der Waals surface area (Å²) in [5.41, 5.74) is -4.32. The molecule has 0 radical (unpaired) electrons. The summed E-state index contributed by atoms with van der Waals surface area (Å²) in [5, 5.41) is 0. The van der Waals surface area contributed by atoms with Crippen molar-refractivity contribution in [3.05, 3.63) is 87.7 Å². The molecule has 0 amide bonds. The maximum absolute atomic E-state index is 12.6. The van der Waals surface area contributed by atoms with Crippen molar-refractivity contribution in [2.75, 3.05) is 13.2 Å². The maximum atomic E-state index is 12.6. The predicted molar refractivity (Wildman–Crippen MR) is 162 cm³/mol. The number of halogens is 17. The lowest BCUT2D eigenvalue weighted by atomic mass is 10.00. The van der Waals surface area contributed by atoms with Gasteiger partial charge >= 0.3 is 30.9 Å². The van der Waals surface area contributed by atoms with E-state index in [2.05, 4.69) is 14.5 Å². The van der Waals surface area contributed by atoms with Crippen molar-refractivity contribution in [1.82, 2.24) is 4.98 Å². The van der Waals surface area contributed by atoms with Crippen LogP contribution in [0.2, 0.25) is 0 Å². The number of alkyl halides is 17. The molecule has 0 saturated heterocycles. The molecule has 3 rings (SSSR count). The Morgan fingerprint density at radius 2 is 0.870 bits per heavy atom. The van der Waals surface area contributed by atoms with Gasteiger partial charge in [-0.1, -0.05) is 41.5 Å². The van der Waals surface area contributed by atoms with Gasteiger partial charge in [0.2, 0.25) is 0 Å². The first-order chi connectivity index (χ1) is 24.2. The molecule has 0 fully saturated rings. The zero-order valence-corrected chi connectivity index (χ0v) is 29.0. The summed E-state index contributed by atoms with van der Waals surface area (Å²) in [7, 11) is 0. The van der Waals surface area contributed by atoms with Gasteiger partial charge in [-0.3, -0.25) is 0 Å². The Labute approximate surface area is 298 Å². The largest absolute Gasteiger partial charge is 0.488 e. The molecule has 0 N–H and O–H groups in total. The van der Waals surface area contributed by atoms with Crippen LogP contribution < -0.4 is 9.47 Å². The van der Waals surface area contributed by atoms with Crippen LogP contribution in [0.25, 0.3) is 0 Å². The molecule has 54 heavy (non-hydrogen) atoms. The summed E-state index contributed by atoms with van der Waals surface area (Å²) >= 11 is 0. The summed E-state index contributed by atoms with van der Waals surface area (Å²) in [4.78, 5) is 3.19. The molecule has 3 aromatic rings. The molecular formula is C34H34F17NO2. The number of benzene rings is 2. The van der Waals surface area contributed by atoms with Crippen LogP contribution in [0.1, 0.15) is 98.5 Å².